The number of aryl methyl sites for hydroxylation is 2. The van der Waals surface area contributed by atoms with Gasteiger partial charge in [-0.15, -0.1) is 11.3 Å². The highest BCUT2D eigenvalue weighted by molar-refractivity contribution is 7.11. The molecule has 7 heteroatoms. The maximum atomic E-state index is 5.97. The van der Waals surface area contributed by atoms with Gasteiger partial charge < -0.3 is 10.1 Å². The summed E-state index contributed by atoms with van der Waals surface area (Å²) in [6.07, 6.45) is 3.26. The predicted molar refractivity (Wildman–Crippen MR) is 96.7 cm³/mol. The van der Waals surface area contributed by atoms with E-state index in [2.05, 4.69) is 27.2 Å². The van der Waals surface area contributed by atoms with Gasteiger partial charge in [0.15, 0.2) is 0 Å². The molecule has 0 spiro atoms. The topological polar surface area (TPSA) is 59.9 Å². The average Bonchev–Trinajstić information content (AvgIpc) is 2.89. The van der Waals surface area contributed by atoms with E-state index in [0.717, 1.165) is 16.3 Å². The third kappa shape index (κ3) is 4.43. The molecule has 2 aromatic heterocycles. The van der Waals surface area contributed by atoms with Crippen molar-refractivity contribution in [3.05, 3.63) is 62.8 Å². The second-order valence-electron chi connectivity index (χ2n) is 5.25. The van der Waals surface area contributed by atoms with Gasteiger partial charge in [-0.05, 0) is 31.5 Å². The number of hydrogen-bond donors (Lipinski definition) is 1. The lowest BCUT2D eigenvalue weighted by Crippen LogP contribution is -2.05. The molecule has 1 aromatic carbocycles. The third-order valence-electron chi connectivity index (χ3n) is 3.32. The highest BCUT2D eigenvalue weighted by Gasteiger charge is 2.06. The summed E-state index contributed by atoms with van der Waals surface area (Å²) in [6, 6.07) is 7.54. The summed E-state index contributed by atoms with van der Waals surface area (Å²) in [7, 11) is 0. The van der Waals surface area contributed by atoms with Crippen molar-refractivity contribution in [2.24, 2.45) is 0 Å². The van der Waals surface area contributed by atoms with Gasteiger partial charge in [0.25, 0.3) is 0 Å². The minimum Gasteiger partial charge on any atom is -0.472 e. The molecule has 0 atom stereocenters. The zero-order valence-corrected chi connectivity index (χ0v) is 15.0. The molecule has 3 aromatic rings. The maximum Gasteiger partial charge on any atom is 0.234 e. The van der Waals surface area contributed by atoms with Crippen molar-refractivity contribution in [3.8, 4) is 5.88 Å². The number of nitrogens with one attached hydrogen (secondary N) is 1. The van der Waals surface area contributed by atoms with Crippen molar-refractivity contribution in [2.45, 2.75) is 27.0 Å². The van der Waals surface area contributed by atoms with E-state index in [-0.39, 0.29) is 0 Å². The van der Waals surface area contributed by atoms with Crippen molar-refractivity contribution >= 4 is 28.8 Å². The standard InChI is InChI=1S/C17H17ClN4OS/c1-11-15(21-12(2)24-11)7-20-16-8-19-9-17(22-16)23-10-13-4-3-5-14(18)6-13/h3-6,8-9H,7,10H2,1-2H3,(H,20,22). The molecule has 0 aliphatic carbocycles. The van der Waals surface area contributed by atoms with Crippen LogP contribution in [0.4, 0.5) is 5.82 Å². The first-order chi connectivity index (χ1) is 11.6. The molecule has 0 saturated heterocycles. The first-order valence-corrected chi connectivity index (χ1v) is 8.65. The molecule has 124 valence electrons. The van der Waals surface area contributed by atoms with Crippen LogP contribution in [0.15, 0.2) is 36.7 Å². The smallest absolute Gasteiger partial charge is 0.234 e. The van der Waals surface area contributed by atoms with Crippen LogP contribution >= 0.6 is 22.9 Å². The average molecular weight is 361 g/mol. The largest absolute Gasteiger partial charge is 0.472 e. The zero-order chi connectivity index (χ0) is 16.9. The van der Waals surface area contributed by atoms with Gasteiger partial charge in [-0.25, -0.2) is 4.98 Å². The van der Waals surface area contributed by atoms with Gasteiger partial charge in [0, 0.05) is 9.90 Å². The number of aromatic nitrogens is 3. The summed E-state index contributed by atoms with van der Waals surface area (Å²) in [6.45, 7) is 5.08. The SMILES string of the molecule is Cc1nc(CNc2cncc(OCc3cccc(Cl)c3)n2)c(C)s1. The summed E-state index contributed by atoms with van der Waals surface area (Å²) >= 11 is 7.66. The van der Waals surface area contributed by atoms with Crippen LogP contribution in [-0.4, -0.2) is 15.0 Å². The van der Waals surface area contributed by atoms with Crippen LogP contribution in [0.5, 0.6) is 5.88 Å². The maximum absolute atomic E-state index is 5.97. The van der Waals surface area contributed by atoms with E-state index < -0.39 is 0 Å². The van der Waals surface area contributed by atoms with Gasteiger partial charge in [-0.3, -0.25) is 4.98 Å². The Morgan fingerprint density at radius 3 is 2.83 bits per heavy atom. The molecule has 0 unspecified atom stereocenters. The number of hydrogen-bond acceptors (Lipinski definition) is 6. The number of halogens is 1. The van der Waals surface area contributed by atoms with Crippen molar-refractivity contribution < 1.29 is 4.74 Å². The minimum atomic E-state index is 0.392. The van der Waals surface area contributed by atoms with Crippen LogP contribution in [0.25, 0.3) is 0 Å². The lowest BCUT2D eigenvalue weighted by molar-refractivity contribution is 0.293. The molecule has 24 heavy (non-hydrogen) atoms. The van der Waals surface area contributed by atoms with Crippen LogP contribution in [0.2, 0.25) is 5.02 Å². The molecule has 0 aliphatic rings. The Bertz CT molecular complexity index is 837. The first kappa shape index (κ1) is 16.7. The normalized spacial score (nSPS) is 10.6. The van der Waals surface area contributed by atoms with Gasteiger partial charge in [0.05, 0.1) is 29.6 Å². The van der Waals surface area contributed by atoms with Crippen molar-refractivity contribution in [3.63, 3.8) is 0 Å². The van der Waals surface area contributed by atoms with E-state index in [0.29, 0.717) is 29.9 Å². The number of thiazole rings is 1. The van der Waals surface area contributed by atoms with E-state index in [4.69, 9.17) is 16.3 Å². The molecule has 0 aliphatic heterocycles. The molecule has 0 bridgehead atoms. The van der Waals surface area contributed by atoms with Gasteiger partial charge >= 0.3 is 0 Å². The number of ether oxygens (including phenoxy) is 1. The number of nitrogens with zero attached hydrogens (tertiary/aromatic N) is 3. The summed E-state index contributed by atoms with van der Waals surface area (Å²) in [4.78, 5) is 14.3. The molecular formula is C17H17ClN4OS. The number of rotatable bonds is 6. The molecule has 0 saturated carbocycles. The number of benzene rings is 1. The Hall–Kier alpha value is -2.18. The molecule has 0 radical (unpaired) electrons. The monoisotopic (exact) mass is 360 g/mol. The van der Waals surface area contributed by atoms with Crippen LogP contribution < -0.4 is 10.1 Å². The summed E-state index contributed by atoms with van der Waals surface area (Å²) in [5.74, 6) is 1.12. The van der Waals surface area contributed by atoms with Crippen LogP contribution in [0.1, 0.15) is 21.1 Å². The van der Waals surface area contributed by atoms with Gasteiger partial charge in [0.2, 0.25) is 5.88 Å². The van der Waals surface area contributed by atoms with Gasteiger partial charge in [0.1, 0.15) is 12.4 Å². The fraction of sp³-hybridized carbons (Fsp3) is 0.235. The van der Waals surface area contributed by atoms with Crippen molar-refractivity contribution in [2.75, 3.05) is 5.32 Å². The lowest BCUT2D eigenvalue weighted by atomic mass is 10.2. The number of anilines is 1. The Kier molecular flexibility index (Phi) is 5.27. The van der Waals surface area contributed by atoms with E-state index in [9.17, 15) is 0 Å². The van der Waals surface area contributed by atoms with Crippen LogP contribution in [0.3, 0.4) is 0 Å². The summed E-state index contributed by atoms with van der Waals surface area (Å²) in [5.41, 5.74) is 2.01. The summed E-state index contributed by atoms with van der Waals surface area (Å²) < 4.78 is 5.68. The van der Waals surface area contributed by atoms with E-state index in [1.54, 1.807) is 23.7 Å². The first-order valence-electron chi connectivity index (χ1n) is 7.46. The van der Waals surface area contributed by atoms with Crippen LogP contribution in [-0.2, 0) is 13.2 Å². The highest BCUT2D eigenvalue weighted by Crippen LogP contribution is 2.18. The fourth-order valence-electron chi connectivity index (χ4n) is 2.20. The van der Waals surface area contributed by atoms with Crippen molar-refractivity contribution in [1.29, 1.82) is 0 Å². The van der Waals surface area contributed by atoms with Gasteiger partial charge in [-0.2, -0.15) is 4.98 Å². The Labute approximate surface area is 149 Å². The Morgan fingerprint density at radius 1 is 1.21 bits per heavy atom. The minimum absolute atomic E-state index is 0.392. The lowest BCUT2D eigenvalue weighted by Gasteiger charge is -2.08. The molecule has 0 fully saturated rings. The second kappa shape index (κ2) is 7.59. The zero-order valence-electron chi connectivity index (χ0n) is 13.4. The highest BCUT2D eigenvalue weighted by atomic mass is 35.5. The van der Waals surface area contributed by atoms with Crippen molar-refractivity contribution in [1.82, 2.24) is 15.0 Å². The molecule has 3 rings (SSSR count). The Morgan fingerprint density at radius 2 is 2.08 bits per heavy atom. The molecular weight excluding hydrogens is 344 g/mol. The fourth-order valence-corrected chi connectivity index (χ4v) is 3.24. The van der Waals surface area contributed by atoms with Crippen LogP contribution in [0, 0.1) is 13.8 Å². The molecule has 5 nitrogen and oxygen atoms in total. The third-order valence-corrected chi connectivity index (χ3v) is 4.49. The van der Waals surface area contributed by atoms with E-state index in [1.165, 1.54) is 4.88 Å². The quantitative estimate of drug-likeness (QED) is 0.706. The molecule has 0 amide bonds. The second-order valence-corrected chi connectivity index (χ2v) is 7.09. The van der Waals surface area contributed by atoms with Gasteiger partial charge in [-0.1, -0.05) is 23.7 Å². The Balaban J connectivity index is 1.60. The molecule has 1 N–H and O–H groups in total. The summed E-state index contributed by atoms with van der Waals surface area (Å²) in [5, 5.41) is 4.98. The predicted octanol–water partition coefficient (Wildman–Crippen LogP) is 4.39. The van der Waals surface area contributed by atoms with E-state index >= 15 is 0 Å². The van der Waals surface area contributed by atoms with E-state index in [1.807, 2.05) is 31.2 Å². The molecule has 2 heterocycles.